The van der Waals surface area contributed by atoms with Gasteiger partial charge in [0, 0.05) is 32.7 Å². The number of likely N-dealkylation sites (tertiary alicyclic amines) is 2. The van der Waals surface area contributed by atoms with Gasteiger partial charge in [0.05, 0.1) is 0 Å². The molecule has 0 radical (unpaired) electrons. The molecule has 2 heterocycles. The molecule has 30 heavy (non-hydrogen) atoms. The topological polar surface area (TPSA) is 42.9 Å². The number of unbranched alkanes of at least 4 members (excludes halogenated alkanes) is 1. The van der Waals surface area contributed by atoms with E-state index in [1.54, 1.807) is 0 Å². The lowest BCUT2D eigenvalue weighted by Gasteiger charge is -2.33. The molecular weight excluding hydrogens is 485 g/mol. The average Bonchev–Trinajstić information content (AvgIpc) is 3.25. The molecule has 0 bridgehead atoms. The summed E-state index contributed by atoms with van der Waals surface area (Å²) in [5.74, 6) is 0.900. The molecule has 5 nitrogen and oxygen atoms in total. The van der Waals surface area contributed by atoms with Crippen molar-refractivity contribution in [3.05, 3.63) is 35.4 Å². The maximum Gasteiger partial charge on any atom is 0.191 e. The van der Waals surface area contributed by atoms with Crippen LogP contribution in [-0.2, 0) is 13.1 Å². The third kappa shape index (κ3) is 8.71. The molecule has 0 spiro atoms. The Morgan fingerprint density at radius 1 is 0.967 bits per heavy atom. The lowest BCUT2D eigenvalue weighted by atomic mass is 10.0. The first-order valence-electron chi connectivity index (χ1n) is 11.7. The monoisotopic (exact) mass is 527 g/mol. The van der Waals surface area contributed by atoms with E-state index in [0.29, 0.717) is 0 Å². The first kappa shape index (κ1) is 25.4. The van der Waals surface area contributed by atoms with Gasteiger partial charge in [-0.1, -0.05) is 30.7 Å². The molecule has 170 valence electrons. The van der Waals surface area contributed by atoms with Gasteiger partial charge in [0.15, 0.2) is 5.96 Å². The zero-order valence-electron chi connectivity index (χ0n) is 19.0. The predicted molar refractivity (Wildman–Crippen MR) is 139 cm³/mol. The lowest BCUT2D eigenvalue weighted by Crippen LogP contribution is -2.39. The summed E-state index contributed by atoms with van der Waals surface area (Å²) in [5.41, 5.74) is 2.72. The van der Waals surface area contributed by atoms with Gasteiger partial charge in [-0.25, -0.2) is 0 Å². The molecule has 2 aliphatic rings. The minimum Gasteiger partial charge on any atom is -0.356 e. The van der Waals surface area contributed by atoms with Crippen LogP contribution in [0.1, 0.15) is 63.0 Å². The third-order valence-electron chi connectivity index (χ3n) is 6.42. The number of piperidine rings is 1. The maximum atomic E-state index is 4.37. The summed E-state index contributed by atoms with van der Waals surface area (Å²) in [6.07, 6.45) is 9.30. The smallest absolute Gasteiger partial charge is 0.191 e. The second-order valence-corrected chi connectivity index (χ2v) is 8.74. The van der Waals surface area contributed by atoms with Crippen molar-refractivity contribution in [3.63, 3.8) is 0 Å². The summed E-state index contributed by atoms with van der Waals surface area (Å²) in [5, 5.41) is 6.91. The molecule has 2 saturated heterocycles. The largest absolute Gasteiger partial charge is 0.356 e. The zero-order valence-corrected chi connectivity index (χ0v) is 21.4. The van der Waals surface area contributed by atoms with E-state index in [-0.39, 0.29) is 24.0 Å². The van der Waals surface area contributed by atoms with Crippen molar-refractivity contribution >= 4 is 29.9 Å². The van der Waals surface area contributed by atoms with Crippen molar-refractivity contribution in [2.24, 2.45) is 4.99 Å². The highest BCUT2D eigenvalue weighted by Crippen LogP contribution is 2.16. The fourth-order valence-corrected chi connectivity index (χ4v) is 4.50. The summed E-state index contributed by atoms with van der Waals surface area (Å²) in [6.45, 7) is 10.3. The number of hydrogen-bond acceptors (Lipinski definition) is 3. The van der Waals surface area contributed by atoms with E-state index in [4.69, 9.17) is 0 Å². The van der Waals surface area contributed by atoms with E-state index in [9.17, 15) is 0 Å². The van der Waals surface area contributed by atoms with Gasteiger partial charge in [-0.05, 0) is 82.8 Å². The highest BCUT2D eigenvalue weighted by molar-refractivity contribution is 14.0. The number of aliphatic imine (C=N–C) groups is 1. The molecule has 0 amide bonds. The van der Waals surface area contributed by atoms with E-state index in [1.807, 2.05) is 7.05 Å². The molecule has 0 aliphatic carbocycles. The molecule has 2 N–H and O–H groups in total. The van der Waals surface area contributed by atoms with Gasteiger partial charge in [0.25, 0.3) is 0 Å². The van der Waals surface area contributed by atoms with Crippen molar-refractivity contribution in [2.75, 3.05) is 39.8 Å². The van der Waals surface area contributed by atoms with Crippen LogP contribution in [0.4, 0.5) is 0 Å². The van der Waals surface area contributed by atoms with Gasteiger partial charge in [-0.2, -0.15) is 0 Å². The van der Waals surface area contributed by atoms with Crippen LogP contribution in [0.3, 0.4) is 0 Å². The molecule has 6 heteroatoms. The highest BCUT2D eigenvalue weighted by atomic mass is 127. The molecular formula is C24H42IN5. The quantitative estimate of drug-likeness (QED) is 0.219. The predicted octanol–water partition coefficient (Wildman–Crippen LogP) is 4.22. The lowest BCUT2D eigenvalue weighted by molar-refractivity contribution is 0.158. The fraction of sp³-hybridized carbons (Fsp3) is 0.708. The van der Waals surface area contributed by atoms with Crippen molar-refractivity contribution in [1.29, 1.82) is 0 Å². The van der Waals surface area contributed by atoms with Crippen LogP contribution < -0.4 is 10.6 Å². The van der Waals surface area contributed by atoms with Crippen molar-refractivity contribution in [3.8, 4) is 0 Å². The Kier molecular flexibility index (Phi) is 12.1. The third-order valence-corrected chi connectivity index (χ3v) is 6.42. The summed E-state index contributed by atoms with van der Waals surface area (Å²) in [4.78, 5) is 9.57. The zero-order chi connectivity index (χ0) is 20.3. The van der Waals surface area contributed by atoms with Gasteiger partial charge in [0.1, 0.15) is 0 Å². The van der Waals surface area contributed by atoms with E-state index in [1.165, 1.54) is 82.3 Å². The average molecular weight is 528 g/mol. The molecule has 2 aliphatic heterocycles. The van der Waals surface area contributed by atoms with E-state index in [2.05, 4.69) is 56.6 Å². The summed E-state index contributed by atoms with van der Waals surface area (Å²) in [6, 6.07) is 9.80. The van der Waals surface area contributed by atoms with Gasteiger partial charge >= 0.3 is 0 Å². The van der Waals surface area contributed by atoms with Gasteiger partial charge in [-0.15, -0.1) is 24.0 Å². The van der Waals surface area contributed by atoms with Crippen LogP contribution in [0.5, 0.6) is 0 Å². The highest BCUT2D eigenvalue weighted by Gasteiger charge is 2.17. The van der Waals surface area contributed by atoms with Crippen LogP contribution in [0.2, 0.25) is 0 Å². The van der Waals surface area contributed by atoms with Crippen molar-refractivity contribution < 1.29 is 0 Å². The molecule has 3 rings (SSSR count). The van der Waals surface area contributed by atoms with E-state index in [0.717, 1.165) is 31.6 Å². The molecule has 0 saturated carbocycles. The Morgan fingerprint density at radius 3 is 2.37 bits per heavy atom. The van der Waals surface area contributed by atoms with Crippen LogP contribution in [0.15, 0.2) is 29.3 Å². The number of halogens is 1. The summed E-state index contributed by atoms with van der Waals surface area (Å²) < 4.78 is 0. The van der Waals surface area contributed by atoms with Crippen LogP contribution >= 0.6 is 24.0 Å². The first-order chi connectivity index (χ1) is 14.2. The maximum absolute atomic E-state index is 4.37. The van der Waals surface area contributed by atoms with E-state index < -0.39 is 0 Å². The number of nitrogens with one attached hydrogen (secondary N) is 2. The van der Waals surface area contributed by atoms with Gasteiger partial charge < -0.3 is 15.5 Å². The second kappa shape index (κ2) is 14.2. The van der Waals surface area contributed by atoms with Crippen LogP contribution in [-0.4, -0.2) is 61.6 Å². The Balaban J connectivity index is 0.00000320. The standard InChI is InChI=1S/C24H41N5.HI/c1-21-9-3-5-17-29(21)18-6-4-14-26-24(25-2)27-19-22-10-12-23(13-11-22)20-28-15-7-8-16-28;/h10-13,21H,3-9,14-20H2,1-2H3,(H2,25,26,27);1H. The van der Waals surface area contributed by atoms with Crippen molar-refractivity contribution in [1.82, 2.24) is 20.4 Å². The summed E-state index contributed by atoms with van der Waals surface area (Å²) >= 11 is 0. The molecule has 1 aromatic carbocycles. The fourth-order valence-electron chi connectivity index (χ4n) is 4.50. The SMILES string of the molecule is CN=C(NCCCCN1CCCCC1C)NCc1ccc(CN2CCCC2)cc1.I. The Labute approximate surface area is 201 Å². The molecule has 1 atom stereocenters. The van der Waals surface area contributed by atoms with Gasteiger partial charge in [0.2, 0.25) is 0 Å². The molecule has 1 aromatic rings. The Bertz CT molecular complexity index is 613. The van der Waals surface area contributed by atoms with Crippen LogP contribution in [0, 0.1) is 0 Å². The number of guanidine groups is 1. The van der Waals surface area contributed by atoms with Crippen LogP contribution in [0.25, 0.3) is 0 Å². The summed E-state index contributed by atoms with van der Waals surface area (Å²) in [7, 11) is 1.85. The van der Waals surface area contributed by atoms with Gasteiger partial charge in [-0.3, -0.25) is 9.89 Å². The molecule has 0 aromatic heterocycles. The first-order valence-corrected chi connectivity index (χ1v) is 11.7. The minimum atomic E-state index is 0. The second-order valence-electron chi connectivity index (χ2n) is 8.74. The Morgan fingerprint density at radius 2 is 1.67 bits per heavy atom. The Hall–Kier alpha value is -0.860. The van der Waals surface area contributed by atoms with Crippen molar-refractivity contribution in [2.45, 2.75) is 71.0 Å². The number of hydrogen-bond donors (Lipinski definition) is 2. The minimum absolute atomic E-state index is 0. The molecule has 1 unspecified atom stereocenters. The number of rotatable bonds is 9. The number of nitrogens with zero attached hydrogens (tertiary/aromatic N) is 3. The molecule has 2 fully saturated rings. The normalized spacial score (nSPS) is 20.7. The van der Waals surface area contributed by atoms with E-state index >= 15 is 0 Å². The number of benzene rings is 1.